The second-order valence-corrected chi connectivity index (χ2v) is 3.52. The monoisotopic (exact) mass is 183 g/mol. The van der Waals surface area contributed by atoms with E-state index >= 15 is 0 Å². The Morgan fingerprint density at radius 3 is 2.85 bits per heavy atom. The Kier molecular flexibility index (Phi) is 3.48. The van der Waals surface area contributed by atoms with E-state index in [2.05, 4.69) is 0 Å². The molecule has 1 unspecified atom stereocenters. The molecule has 1 fully saturated rings. The van der Waals surface area contributed by atoms with Crippen LogP contribution in [0.2, 0.25) is 0 Å². The Morgan fingerprint density at radius 1 is 1.62 bits per heavy atom. The van der Waals surface area contributed by atoms with Crippen LogP contribution >= 0.6 is 0 Å². The summed E-state index contributed by atoms with van der Waals surface area (Å²) in [7, 11) is 0. The maximum Gasteiger partial charge on any atom is 0.249 e. The van der Waals surface area contributed by atoms with Crippen LogP contribution in [-0.2, 0) is 4.79 Å². The third-order valence-corrected chi connectivity index (χ3v) is 2.45. The number of carbonyl (C=O) groups excluding carboxylic acids is 1. The van der Waals surface area contributed by atoms with E-state index in [1.165, 1.54) is 0 Å². The first-order chi connectivity index (χ1) is 6.15. The molecular weight excluding hydrogens is 166 g/mol. The molecule has 1 rings (SSSR count). The summed E-state index contributed by atoms with van der Waals surface area (Å²) >= 11 is 0. The van der Waals surface area contributed by atoms with Gasteiger partial charge in [-0.3, -0.25) is 4.79 Å². The standard InChI is InChI=1S/C10H17NO2/c1-3-8(2)10(13)11-6-4-5-9(12)7-11/h3,9,12H,4-7H2,1-2H3/b8-3-. The lowest BCUT2D eigenvalue weighted by Gasteiger charge is -2.30. The molecule has 3 heteroatoms. The number of nitrogens with zero attached hydrogens (tertiary/aromatic N) is 1. The van der Waals surface area contributed by atoms with Crippen LogP contribution in [0.3, 0.4) is 0 Å². The van der Waals surface area contributed by atoms with Gasteiger partial charge in [0, 0.05) is 18.7 Å². The number of carbonyl (C=O) groups is 1. The highest BCUT2D eigenvalue weighted by atomic mass is 16.3. The summed E-state index contributed by atoms with van der Waals surface area (Å²) in [6.07, 6.45) is 3.20. The topological polar surface area (TPSA) is 40.5 Å². The Morgan fingerprint density at radius 2 is 2.31 bits per heavy atom. The normalized spacial score (nSPS) is 24.7. The minimum absolute atomic E-state index is 0.0567. The highest BCUT2D eigenvalue weighted by Gasteiger charge is 2.22. The number of hydrogen-bond donors (Lipinski definition) is 1. The first-order valence-corrected chi connectivity index (χ1v) is 4.75. The summed E-state index contributed by atoms with van der Waals surface area (Å²) in [5.41, 5.74) is 0.758. The fourth-order valence-corrected chi connectivity index (χ4v) is 1.51. The molecule has 3 nitrogen and oxygen atoms in total. The summed E-state index contributed by atoms with van der Waals surface area (Å²) in [5, 5.41) is 9.37. The number of allylic oxidation sites excluding steroid dienone is 1. The Labute approximate surface area is 79.0 Å². The van der Waals surface area contributed by atoms with Crippen LogP contribution in [0, 0.1) is 0 Å². The van der Waals surface area contributed by atoms with Crippen molar-refractivity contribution < 1.29 is 9.90 Å². The molecule has 0 spiro atoms. The van der Waals surface area contributed by atoms with Gasteiger partial charge in [-0.25, -0.2) is 0 Å². The van der Waals surface area contributed by atoms with Gasteiger partial charge in [0.05, 0.1) is 6.10 Å². The van der Waals surface area contributed by atoms with Gasteiger partial charge in [0.2, 0.25) is 5.91 Å². The SMILES string of the molecule is C/C=C(/C)C(=O)N1CCCC(O)C1. The Balaban J connectivity index is 2.56. The predicted octanol–water partition coefficient (Wildman–Crippen LogP) is 0.936. The van der Waals surface area contributed by atoms with Crippen LogP contribution in [0.15, 0.2) is 11.6 Å². The predicted molar refractivity (Wildman–Crippen MR) is 51.3 cm³/mol. The lowest BCUT2D eigenvalue weighted by atomic mass is 10.1. The lowest BCUT2D eigenvalue weighted by molar-refractivity contribution is -0.130. The van der Waals surface area contributed by atoms with Gasteiger partial charge in [-0.1, -0.05) is 6.08 Å². The summed E-state index contributed by atoms with van der Waals surface area (Å²) in [4.78, 5) is 13.3. The Bertz CT molecular complexity index is 223. The minimum Gasteiger partial charge on any atom is -0.391 e. The van der Waals surface area contributed by atoms with E-state index in [9.17, 15) is 9.90 Å². The van der Waals surface area contributed by atoms with Crippen molar-refractivity contribution in [3.8, 4) is 0 Å². The van der Waals surface area contributed by atoms with E-state index in [4.69, 9.17) is 0 Å². The largest absolute Gasteiger partial charge is 0.391 e. The molecule has 1 aliphatic heterocycles. The van der Waals surface area contributed by atoms with Crippen LogP contribution in [0.4, 0.5) is 0 Å². The molecule has 0 aromatic rings. The number of aliphatic hydroxyl groups excluding tert-OH is 1. The third kappa shape index (κ3) is 2.56. The zero-order valence-electron chi connectivity index (χ0n) is 8.29. The van der Waals surface area contributed by atoms with E-state index < -0.39 is 0 Å². The number of amides is 1. The lowest BCUT2D eigenvalue weighted by Crippen LogP contribution is -2.42. The van der Waals surface area contributed by atoms with Crippen molar-refractivity contribution in [1.82, 2.24) is 4.90 Å². The number of hydrogen-bond acceptors (Lipinski definition) is 2. The summed E-state index contributed by atoms with van der Waals surface area (Å²) in [6, 6.07) is 0. The molecule has 1 saturated heterocycles. The maximum absolute atomic E-state index is 11.6. The molecule has 1 atom stereocenters. The average Bonchev–Trinajstić information content (AvgIpc) is 2.15. The van der Waals surface area contributed by atoms with Crippen molar-refractivity contribution in [3.05, 3.63) is 11.6 Å². The maximum atomic E-state index is 11.6. The van der Waals surface area contributed by atoms with E-state index in [-0.39, 0.29) is 12.0 Å². The molecule has 0 aromatic carbocycles. The number of rotatable bonds is 1. The highest BCUT2D eigenvalue weighted by Crippen LogP contribution is 2.12. The van der Waals surface area contributed by atoms with Crippen molar-refractivity contribution in [1.29, 1.82) is 0 Å². The zero-order chi connectivity index (χ0) is 9.84. The van der Waals surface area contributed by atoms with Gasteiger partial charge in [0.1, 0.15) is 0 Å². The second kappa shape index (κ2) is 4.42. The highest BCUT2D eigenvalue weighted by molar-refractivity contribution is 5.92. The summed E-state index contributed by atoms with van der Waals surface area (Å²) in [5.74, 6) is 0.0567. The van der Waals surface area contributed by atoms with Crippen LogP contribution < -0.4 is 0 Å². The van der Waals surface area contributed by atoms with Gasteiger partial charge in [0.15, 0.2) is 0 Å². The first-order valence-electron chi connectivity index (χ1n) is 4.75. The van der Waals surface area contributed by atoms with Gasteiger partial charge in [-0.15, -0.1) is 0 Å². The van der Waals surface area contributed by atoms with Crippen LogP contribution in [0.1, 0.15) is 26.7 Å². The minimum atomic E-state index is -0.331. The van der Waals surface area contributed by atoms with E-state index in [1.807, 2.05) is 19.9 Å². The van der Waals surface area contributed by atoms with Gasteiger partial charge in [-0.2, -0.15) is 0 Å². The average molecular weight is 183 g/mol. The molecule has 1 N–H and O–H groups in total. The molecule has 0 bridgehead atoms. The van der Waals surface area contributed by atoms with Crippen molar-refractivity contribution >= 4 is 5.91 Å². The number of likely N-dealkylation sites (tertiary alicyclic amines) is 1. The van der Waals surface area contributed by atoms with Gasteiger partial charge in [0.25, 0.3) is 0 Å². The van der Waals surface area contributed by atoms with Crippen molar-refractivity contribution in [2.24, 2.45) is 0 Å². The van der Waals surface area contributed by atoms with E-state index in [0.717, 1.165) is 25.0 Å². The molecule has 1 amide bonds. The van der Waals surface area contributed by atoms with Crippen LogP contribution in [-0.4, -0.2) is 35.1 Å². The molecule has 13 heavy (non-hydrogen) atoms. The number of β-amino-alcohol motifs (C(OH)–C–C–N with tert-alkyl or cyclic N) is 1. The quantitative estimate of drug-likeness (QED) is 0.614. The van der Waals surface area contributed by atoms with Crippen LogP contribution in [0.25, 0.3) is 0 Å². The number of aliphatic hydroxyl groups is 1. The molecule has 1 heterocycles. The third-order valence-electron chi connectivity index (χ3n) is 2.45. The van der Waals surface area contributed by atoms with Gasteiger partial charge < -0.3 is 10.0 Å². The van der Waals surface area contributed by atoms with Crippen molar-refractivity contribution in [3.63, 3.8) is 0 Å². The fourth-order valence-electron chi connectivity index (χ4n) is 1.51. The zero-order valence-corrected chi connectivity index (χ0v) is 8.29. The molecule has 0 saturated carbocycles. The van der Waals surface area contributed by atoms with Crippen molar-refractivity contribution in [2.45, 2.75) is 32.8 Å². The first kappa shape index (κ1) is 10.3. The molecule has 0 aromatic heterocycles. The van der Waals surface area contributed by atoms with Gasteiger partial charge >= 0.3 is 0 Å². The fraction of sp³-hybridized carbons (Fsp3) is 0.700. The Hall–Kier alpha value is -0.830. The second-order valence-electron chi connectivity index (χ2n) is 3.52. The number of piperidine rings is 1. The smallest absolute Gasteiger partial charge is 0.249 e. The molecule has 74 valence electrons. The summed E-state index contributed by atoms with van der Waals surface area (Å²) < 4.78 is 0. The molecule has 0 radical (unpaired) electrons. The molecule has 1 aliphatic rings. The molecule has 0 aliphatic carbocycles. The van der Waals surface area contributed by atoms with Crippen LogP contribution in [0.5, 0.6) is 0 Å². The van der Waals surface area contributed by atoms with E-state index in [1.54, 1.807) is 4.90 Å². The van der Waals surface area contributed by atoms with Crippen molar-refractivity contribution in [2.75, 3.05) is 13.1 Å². The summed E-state index contributed by atoms with van der Waals surface area (Å²) in [6.45, 7) is 4.93. The molecular formula is C10H17NO2. The van der Waals surface area contributed by atoms with E-state index in [0.29, 0.717) is 6.54 Å². The van der Waals surface area contributed by atoms with Gasteiger partial charge in [-0.05, 0) is 26.7 Å².